The fourth-order valence-corrected chi connectivity index (χ4v) is 2.23. The van der Waals surface area contributed by atoms with E-state index in [0.717, 1.165) is 18.0 Å². The predicted molar refractivity (Wildman–Crippen MR) is 77.1 cm³/mol. The van der Waals surface area contributed by atoms with Crippen molar-refractivity contribution >= 4 is 11.5 Å². The molecule has 0 fully saturated rings. The van der Waals surface area contributed by atoms with Crippen LogP contribution in [0.2, 0.25) is 0 Å². The van der Waals surface area contributed by atoms with Crippen LogP contribution in [0.5, 0.6) is 0 Å². The number of allylic oxidation sites excluding steroid dienone is 2. The summed E-state index contributed by atoms with van der Waals surface area (Å²) in [7, 11) is 3.48. The average Bonchev–Trinajstić information content (AvgIpc) is 2.72. The minimum Gasteiger partial charge on any atom is -0.395 e. The lowest BCUT2D eigenvalue weighted by atomic mass is 9.95. The van der Waals surface area contributed by atoms with Crippen LogP contribution < -0.4 is 5.73 Å². The monoisotopic (exact) mass is 276 g/mol. The molecular weight excluding hydrogens is 256 g/mol. The Labute approximate surface area is 118 Å². The summed E-state index contributed by atoms with van der Waals surface area (Å²) in [6.07, 6.45) is 0.822. The number of nitrogens with zero attached hydrogens (tertiary/aromatic N) is 3. The number of aromatic nitrogens is 2. The Bertz CT molecular complexity index is 611. The van der Waals surface area contributed by atoms with Crippen LogP contribution in [-0.4, -0.2) is 41.3 Å². The Hall–Kier alpha value is -1.95. The number of ketones is 1. The van der Waals surface area contributed by atoms with Gasteiger partial charge in [-0.1, -0.05) is 0 Å². The number of fused-ring (bicyclic) bond motifs is 1. The number of aryl methyl sites for hydroxylation is 1. The summed E-state index contributed by atoms with van der Waals surface area (Å²) in [5.74, 6) is 0.604. The van der Waals surface area contributed by atoms with Gasteiger partial charge < -0.3 is 15.0 Å². The van der Waals surface area contributed by atoms with Gasteiger partial charge in [0.1, 0.15) is 17.2 Å². The van der Waals surface area contributed by atoms with Crippen molar-refractivity contribution in [3.63, 3.8) is 0 Å². The quantitative estimate of drug-likeness (QED) is 0.831. The molecule has 0 unspecified atom stereocenters. The van der Waals surface area contributed by atoms with E-state index in [0.29, 0.717) is 30.1 Å². The fourth-order valence-electron chi connectivity index (χ4n) is 2.23. The summed E-state index contributed by atoms with van der Waals surface area (Å²) in [6.45, 7) is 4.95. The standard InChI is InChI=1S/C14H20N4O2/c1-8-10(15)14(19)13-12(17-9(2)18(13)3)11(8)16-6-5-7-20-4/h5-7,15H2,1-4H3. The highest BCUT2D eigenvalue weighted by Gasteiger charge is 2.31. The third kappa shape index (κ3) is 2.27. The molecule has 0 saturated heterocycles. The first kappa shape index (κ1) is 14.5. The number of rotatable bonds is 4. The molecule has 0 aromatic carbocycles. The molecule has 2 rings (SSSR count). The maximum absolute atomic E-state index is 12.3. The van der Waals surface area contributed by atoms with E-state index in [1.165, 1.54) is 0 Å². The van der Waals surface area contributed by atoms with Crippen LogP contribution >= 0.6 is 0 Å². The van der Waals surface area contributed by atoms with E-state index >= 15 is 0 Å². The highest BCUT2D eigenvalue weighted by Crippen LogP contribution is 2.24. The van der Waals surface area contributed by atoms with Gasteiger partial charge in [-0.05, 0) is 20.3 Å². The minimum atomic E-state index is -0.170. The van der Waals surface area contributed by atoms with Crippen molar-refractivity contribution < 1.29 is 9.53 Å². The van der Waals surface area contributed by atoms with Gasteiger partial charge in [0, 0.05) is 32.9 Å². The number of hydrogen-bond donors (Lipinski definition) is 1. The van der Waals surface area contributed by atoms with Crippen molar-refractivity contribution in [2.24, 2.45) is 17.8 Å². The van der Waals surface area contributed by atoms with Crippen LogP contribution in [0.15, 0.2) is 16.3 Å². The molecule has 0 amide bonds. The van der Waals surface area contributed by atoms with Crippen LogP contribution in [0.25, 0.3) is 0 Å². The molecule has 1 aromatic heterocycles. The first-order valence-electron chi connectivity index (χ1n) is 6.57. The van der Waals surface area contributed by atoms with Gasteiger partial charge in [0.2, 0.25) is 5.78 Å². The van der Waals surface area contributed by atoms with Gasteiger partial charge in [-0.3, -0.25) is 9.79 Å². The molecule has 1 aliphatic carbocycles. The molecule has 6 heteroatoms. The largest absolute Gasteiger partial charge is 0.395 e. The van der Waals surface area contributed by atoms with Gasteiger partial charge in [-0.15, -0.1) is 0 Å². The van der Waals surface area contributed by atoms with Gasteiger partial charge in [0.15, 0.2) is 0 Å². The number of carbonyl (C=O) groups is 1. The van der Waals surface area contributed by atoms with Gasteiger partial charge in [0.05, 0.1) is 11.4 Å². The van der Waals surface area contributed by atoms with Crippen molar-refractivity contribution in [2.75, 3.05) is 20.3 Å². The molecule has 0 aliphatic heterocycles. The van der Waals surface area contributed by atoms with Crippen LogP contribution in [0.3, 0.4) is 0 Å². The Morgan fingerprint density at radius 3 is 2.75 bits per heavy atom. The molecule has 1 aromatic rings. The highest BCUT2D eigenvalue weighted by atomic mass is 16.5. The molecular formula is C14H20N4O2. The average molecular weight is 276 g/mol. The van der Waals surface area contributed by atoms with Crippen molar-refractivity contribution in [2.45, 2.75) is 20.3 Å². The lowest BCUT2D eigenvalue weighted by Crippen LogP contribution is -2.27. The van der Waals surface area contributed by atoms with Crippen molar-refractivity contribution in [1.82, 2.24) is 9.55 Å². The Kier molecular flexibility index (Phi) is 4.04. The zero-order chi connectivity index (χ0) is 14.9. The van der Waals surface area contributed by atoms with Crippen molar-refractivity contribution in [3.05, 3.63) is 28.5 Å². The van der Waals surface area contributed by atoms with Crippen LogP contribution in [0.1, 0.15) is 35.4 Å². The number of hydrogen-bond acceptors (Lipinski definition) is 5. The second-order valence-electron chi connectivity index (χ2n) is 4.86. The third-order valence-electron chi connectivity index (χ3n) is 3.54. The lowest BCUT2D eigenvalue weighted by Gasteiger charge is -2.16. The van der Waals surface area contributed by atoms with E-state index in [1.807, 2.05) is 20.9 Å². The number of ether oxygens (including phenoxy) is 1. The van der Waals surface area contributed by atoms with Crippen molar-refractivity contribution in [3.8, 4) is 0 Å². The van der Waals surface area contributed by atoms with Crippen LogP contribution in [0.4, 0.5) is 0 Å². The molecule has 0 atom stereocenters. The topological polar surface area (TPSA) is 82.5 Å². The van der Waals surface area contributed by atoms with Crippen LogP contribution in [-0.2, 0) is 11.8 Å². The molecule has 0 spiro atoms. The second kappa shape index (κ2) is 5.58. The maximum atomic E-state index is 12.3. The van der Waals surface area contributed by atoms with Gasteiger partial charge in [0.25, 0.3) is 0 Å². The van der Waals surface area contributed by atoms with Crippen molar-refractivity contribution in [1.29, 1.82) is 0 Å². The van der Waals surface area contributed by atoms with Gasteiger partial charge in [-0.25, -0.2) is 4.98 Å². The molecule has 108 valence electrons. The first-order chi connectivity index (χ1) is 9.49. The number of Topliss-reactive ketones (excluding diaryl/α,β-unsaturated/α-hetero) is 1. The Morgan fingerprint density at radius 2 is 2.10 bits per heavy atom. The molecule has 20 heavy (non-hydrogen) atoms. The molecule has 6 nitrogen and oxygen atoms in total. The smallest absolute Gasteiger partial charge is 0.227 e. The zero-order valence-corrected chi connectivity index (χ0v) is 12.4. The number of aliphatic imine (C=N–C) groups is 1. The van der Waals surface area contributed by atoms with E-state index < -0.39 is 0 Å². The number of nitrogens with two attached hydrogens (primary N) is 1. The molecule has 0 bridgehead atoms. The van der Waals surface area contributed by atoms with Gasteiger partial charge in [-0.2, -0.15) is 0 Å². The van der Waals surface area contributed by atoms with E-state index in [1.54, 1.807) is 11.7 Å². The Morgan fingerprint density at radius 1 is 1.40 bits per heavy atom. The van der Waals surface area contributed by atoms with E-state index in [9.17, 15) is 4.79 Å². The predicted octanol–water partition coefficient (Wildman–Crippen LogP) is 0.983. The maximum Gasteiger partial charge on any atom is 0.227 e. The van der Waals surface area contributed by atoms with E-state index in [2.05, 4.69) is 9.98 Å². The van der Waals surface area contributed by atoms with E-state index in [4.69, 9.17) is 10.5 Å². The molecule has 1 aliphatic rings. The van der Waals surface area contributed by atoms with E-state index in [-0.39, 0.29) is 11.5 Å². The summed E-state index contributed by atoms with van der Waals surface area (Å²) in [6, 6.07) is 0. The van der Waals surface area contributed by atoms with Crippen LogP contribution in [0, 0.1) is 6.92 Å². The zero-order valence-electron chi connectivity index (χ0n) is 12.4. The normalized spacial score (nSPS) is 17.0. The summed E-state index contributed by atoms with van der Waals surface area (Å²) in [4.78, 5) is 21.3. The minimum absolute atomic E-state index is 0.170. The summed E-state index contributed by atoms with van der Waals surface area (Å²) >= 11 is 0. The summed E-state index contributed by atoms with van der Waals surface area (Å²) in [5.41, 5.74) is 8.76. The summed E-state index contributed by atoms with van der Waals surface area (Å²) < 4.78 is 6.77. The number of carbonyl (C=O) groups excluding carboxylic acids is 1. The van der Waals surface area contributed by atoms with Gasteiger partial charge >= 0.3 is 0 Å². The SMILES string of the molecule is COCCCN=C1C(C)=C(N)C(=O)c2c1nc(C)n2C. The summed E-state index contributed by atoms with van der Waals surface area (Å²) in [5, 5.41) is 0. The highest BCUT2D eigenvalue weighted by molar-refractivity contribution is 6.26. The molecule has 2 N–H and O–H groups in total. The second-order valence-corrected chi connectivity index (χ2v) is 4.86. The number of imidazole rings is 1. The first-order valence-corrected chi connectivity index (χ1v) is 6.57. The molecule has 1 heterocycles. The number of methoxy groups -OCH3 is 1. The lowest BCUT2D eigenvalue weighted by molar-refractivity contribution is 0.102. The molecule has 0 saturated carbocycles. The third-order valence-corrected chi connectivity index (χ3v) is 3.54. The molecule has 0 radical (unpaired) electrons. The fraction of sp³-hybridized carbons (Fsp3) is 0.500. The Balaban J connectivity index is 2.45.